The third-order valence-corrected chi connectivity index (χ3v) is 8.03. The Labute approximate surface area is 223 Å². The minimum Gasteiger partial charge on any atom is -0.425 e. The third-order valence-electron chi connectivity index (χ3n) is 5.39. The number of esters is 1. The van der Waals surface area contributed by atoms with Crippen LogP contribution in [0.25, 0.3) is 10.2 Å². The summed E-state index contributed by atoms with van der Waals surface area (Å²) in [6.07, 6.45) is 0.203. The molecule has 4 aromatic rings. The predicted molar refractivity (Wildman–Crippen MR) is 146 cm³/mol. The molecule has 12 heteroatoms. The number of para-hydroxylation sites is 1. The second kappa shape index (κ2) is 11.1. The van der Waals surface area contributed by atoms with E-state index in [1.807, 2.05) is 30.3 Å². The number of hydrogen-bond donors (Lipinski definition) is 4. The van der Waals surface area contributed by atoms with Gasteiger partial charge in [0.1, 0.15) is 15.7 Å². The lowest BCUT2D eigenvalue weighted by molar-refractivity contribution is -0.132. The van der Waals surface area contributed by atoms with Crippen LogP contribution in [0.1, 0.15) is 36.0 Å². The van der Waals surface area contributed by atoms with Gasteiger partial charge in [0.05, 0.1) is 16.3 Å². The maximum absolute atomic E-state index is 13.7. The Morgan fingerprint density at radius 3 is 2.53 bits per heavy atom. The van der Waals surface area contributed by atoms with Gasteiger partial charge in [0.2, 0.25) is 15.9 Å². The largest absolute Gasteiger partial charge is 0.425 e. The molecule has 5 N–H and O–H groups in total. The van der Waals surface area contributed by atoms with Crippen molar-refractivity contribution in [3.63, 3.8) is 0 Å². The summed E-state index contributed by atoms with van der Waals surface area (Å²) in [5.41, 5.74) is 7.84. The van der Waals surface area contributed by atoms with E-state index in [-0.39, 0.29) is 34.5 Å². The van der Waals surface area contributed by atoms with Crippen molar-refractivity contribution >= 4 is 55.0 Å². The first-order valence-electron chi connectivity index (χ1n) is 11.4. The van der Waals surface area contributed by atoms with E-state index in [0.29, 0.717) is 10.6 Å². The number of carbonyl (C=O) groups excluding carboxylic acids is 2. The average molecular weight is 552 g/mol. The zero-order valence-corrected chi connectivity index (χ0v) is 22.2. The zero-order valence-electron chi connectivity index (χ0n) is 20.5. The van der Waals surface area contributed by atoms with Gasteiger partial charge in [0.15, 0.2) is 5.75 Å². The molecule has 4 rings (SSSR count). The summed E-state index contributed by atoms with van der Waals surface area (Å²) in [4.78, 5) is 27.6. The number of nitrogens with two attached hydrogens (primary N) is 1. The molecule has 1 unspecified atom stereocenters. The normalized spacial score (nSPS) is 12.2. The fourth-order valence-corrected chi connectivity index (χ4v) is 6.26. The smallest absolute Gasteiger partial charge is 0.308 e. The van der Waals surface area contributed by atoms with Gasteiger partial charge < -0.3 is 15.8 Å². The summed E-state index contributed by atoms with van der Waals surface area (Å²) >= 11 is 1.35. The van der Waals surface area contributed by atoms with Crippen molar-refractivity contribution in [2.45, 2.75) is 31.2 Å². The molecule has 0 radical (unpaired) electrons. The number of amides is 1. The number of carbonyl (C=O) groups is 2. The Hall–Kier alpha value is -4.13. The molecule has 0 saturated heterocycles. The van der Waals surface area contributed by atoms with E-state index < -0.39 is 22.0 Å². The second-order valence-corrected chi connectivity index (χ2v) is 11.2. The highest BCUT2D eigenvalue weighted by Crippen LogP contribution is 2.33. The molecule has 0 aliphatic heterocycles. The first-order valence-corrected chi connectivity index (χ1v) is 13.7. The van der Waals surface area contributed by atoms with Crippen LogP contribution >= 0.6 is 11.3 Å². The topological polar surface area (TPSA) is 164 Å². The first-order chi connectivity index (χ1) is 18.0. The standard InChI is InChI=1S/C26H25N5O5S2/c1-15(32)29-19-10-11-22(36-16(2)33)24(14-19)38(34,35)31-21(13-17-6-5-7-18(12-17)25(27)28)26-30-20-8-3-4-9-23(20)37-26/h3-12,14,21,31H,13H2,1-2H3,(H3,27,28)(H,29,32). The van der Waals surface area contributed by atoms with Crippen LogP contribution in [0.2, 0.25) is 0 Å². The Bertz CT molecular complexity index is 1620. The van der Waals surface area contributed by atoms with Crippen LogP contribution in [0.5, 0.6) is 5.75 Å². The molecule has 0 aliphatic rings. The highest BCUT2D eigenvalue weighted by atomic mass is 32.2. The monoisotopic (exact) mass is 551 g/mol. The lowest BCUT2D eigenvalue weighted by Gasteiger charge is -2.19. The van der Waals surface area contributed by atoms with Gasteiger partial charge in [-0.25, -0.2) is 18.1 Å². The van der Waals surface area contributed by atoms with Crippen molar-refractivity contribution in [1.82, 2.24) is 9.71 Å². The molecule has 1 amide bonds. The molecule has 0 aliphatic carbocycles. The van der Waals surface area contributed by atoms with Gasteiger partial charge in [-0.1, -0.05) is 30.3 Å². The van der Waals surface area contributed by atoms with Gasteiger partial charge in [0.25, 0.3) is 0 Å². The minimum atomic E-state index is -4.31. The molecule has 196 valence electrons. The van der Waals surface area contributed by atoms with Crippen molar-refractivity contribution in [2.75, 3.05) is 5.32 Å². The van der Waals surface area contributed by atoms with E-state index in [4.69, 9.17) is 15.9 Å². The number of nitrogens with one attached hydrogen (secondary N) is 3. The molecule has 1 atom stereocenters. The van der Waals surface area contributed by atoms with Crippen LogP contribution in [0.4, 0.5) is 5.69 Å². The van der Waals surface area contributed by atoms with E-state index in [9.17, 15) is 18.0 Å². The van der Waals surface area contributed by atoms with Crippen LogP contribution in [0, 0.1) is 5.41 Å². The summed E-state index contributed by atoms with van der Waals surface area (Å²) in [6, 6.07) is 17.6. The number of nitrogens with zero attached hydrogens (tertiary/aromatic N) is 1. The molecule has 10 nitrogen and oxygen atoms in total. The van der Waals surface area contributed by atoms with Gasteiger partial charge >= 0.3 is 5.97 Å². The predicted octanol–water partition coefficient (Wildman–Crippen LogP) is 3.73. The van der Waals surface area contributed by atoms with Crippen molar-refractivity contribution in [2.24, 2.45) is 5.73 Å². The molecular formula is C26H25N5O5S2. The van der Waals surface area contributed by atoms with E-state index in [2.05, 4.69) is 15.0 Å². The lowest BCUT2D eigenvalue weighted by Crippen LogP contribution is -2.30. The van der Waals surface area contributed by atoms with Crippen molar-refractivity contribution in [3.05, 3.63) is 82.9 Å². The van der Waals surface area contributed by atoms with E-state index in [1.165, 1.54) is 36.5 Å². The van der Waals surface area contributed by atoms with E-state index in [1.54, 1.807) is 18.2 Å². The second-order valence-electron chi connectivity index (χ2n) is 8.45. The maximum atomic E-state index is 13.7. The number of anilines is 1. The molecule has 0 spiro atoms. The quantitative estimate of drug-likeness (QED) is 0.106. The highest BCUT2D eigenvalue weighted by Gasteiger charge is 2.28. The number of hydrogen-bond acceptors (Lipinski definition) is 8. The molecule has 1 heterocycles. The molecule has 0 bridgehead atoms. The Kier molecular flexibility index (Phi) is 7.86. The number of thiazole rings is 1. The van der Waals surface area contributed by atoms with Crippen LogP contribution in [0.3, 0.4) is 0 Å². The number of nitrogen functional groups attached to an aromatic ring is 1. The van der Waals surface area contributed by atoms with Crippen molar-refractivity contribution < 1.29 is 22.7 Å². The van der Waals surface area contributed by atoms with E-state index in [0.717, 1.165) is 22.7 Å². The van der Waals surface area contributed by atoms with Gasteiger partial charge in [-0.05, 0) is 48.4 Å². The van der Waals surface area contributed by atoms with Crippen molar-refractivity contribution in [3.8, 4) is 5.75 Å². The summed E-state index contributed by atoms with van der Waals surface area (Å²) in [6.45, 7) is 2.46. The van der Waals surface area contributed by atoms with Crippen LogP contribution < -0.4 is 20.5 Å². The van der Waals surface area contributed by atoms with Gasteiger partial charge in [0, 0.05) is 25.1 Å². The average Bonchev–Trinajstić information content (AvgIpc) is 3.28. The summed E-state index contributed by atoms with van der Waals surface area (Å²) in [7, 11) is -4.31. The molecule has 0 fully saturated rings. The molecule has 0 saturated carbocycles. The van der Waals surface area contributed by atoms with Crippen LogP contribution in [0.15, 0.2) is 71.6 Å². The van der Waals surface area contributed by atoms with E-state index >= 15 is 0 Å². The van der Waals surface area contributed by atoms with Gasteiger partial charge in [-0.2, -0.15) is 0 Å². The molecule has 1 aromatic heterocycles. The summed E-state index contributed by atoms with van der Waals surface area (Å²) in [5.74, 6) is -1.37. The summed E-state index contributed by atoms with van der Waals surface area (Å²) < 4.78 is 36.3. The fraction of sp³-hybridized carbons (Fsp3) is 0.154. The molecular weight excluding hydrogens is 526 g/mol. The number of amidine groups is 1. The third kappa shape index (κ3) is 6.40. The number of sulfonamides is 1. The van der Waals surface area contributed by atoms with Gasteiger partial charge in [-0.15, -0.1) is 11.3 Å². The number of aromatic nitrogens is 1. The number of benzene rings is 3. The lowest BCUT2D eigenvalue weighted by atomic mass is 10.0. The SMILES string of the molecule is CC(=O)Nc1ccc(OC(C)=O)c(S(=O)(=O)NC(Cc2cccc(C(=N)N)c2)c2nc3ccccc3s2)c1. The summed E-state index contributed by atoms with van der Waals surface area (Å²) in [5, 5.41) is 10.8. The molecule has 38 heavy (non-hydrogen) atoms. The number of fused-ring (bicyclic) bond motifs is 1. The fourth-order valence-electron chi connectivity index (χ4n) is 3.81. The first kappa shape index (κ1) is 26.9. The number of rotatable bonds is 9. The van der Waals surface area contributed by atoms with Crippen molar-refractivity contribution in [1.29, 1.82) is 5.41 Å². The van der Waals surface area contributed by atoms with Crippen LogP contribution in [-0.2, 0) is 26.0 Å². The molecule has 3 aromatic carbocycles. The maximum Gasteiger partial charge on any atom is 0.308 e. The zero-order chi connectivity index (χ0) is 27.4. The Balaban J connectivity index is 1.78. The minimum absolute atomic E-state index is 0.107. The number of ether oxygens (including phenoxy) is 1. The Morgan fingerprint density at radius 2 is 1.84 bits per heavy atom. The van der Waals surface area contributed by atoms with Gasteiger partial charge in [-0.3, -0.25) is 15.0 Å². The van der Waals surface area contributed by atoms with Crippen LogP contribution in [-0.4, -0.2) is 31.1 Å². The Morgan fingerprint density at radius 1 is 1.08 bits per heavy atom. The highest BCUT2D eigenvalue weighted by molar-refractivity contribution is 7.89.